The number of amides is 1. The topological polar surface area (TPSA) is 92.9 Å². The Balaban J connectivity index is 2.84. The number of ether oxygens (including phenoxy) is 1. The smallest absolute Gasteiger partial charge is 0.339 e. The maximum atomic E-state index is 11.6. The van der Waals surface area contributed by atoms with Crippen LogP contribution in [0.4, 0.5) is 5.69 Å². The number of aromatic carboxylic acids is 1. The minimum atomic E-state index is -1.14. The number of carbonyl (C=O) groups excluding carboxylic acids is 1. The third kappa shape index (κ3) is 3.13. The van der Waals surface area contributed by atoms with Gasteiger partial charge in [-0.1, -0.05) is 6.07 Å². The predicted octanol–water partition coefficient (Wildman–Crippen LogP) is 0.824. The van der Waals surface area contributed by atoms with Gasteiger partial charge in [0, 0.05) is 13.6 Å². The first-order chi connectivity index (χ1) is 8.47. The van der Waals surface area contributed by atoms with Crippen LogP contribution in [0.1, 0.15) is 17.3 Å². The Morgan fingerprint density at radius 2 is 2.11 bits per heavy atom. The molecular formula is C12H16N2O4. The Labute approximate surface area is 105 Å². The lowest BCUT2D eigenvalue weighted by Gasteiger charge is -2.16. The fourth-order valence-electron chi connectivity index (χ4n) is 1.30. The molecule has 18 heavy (non-hydrogen) atoms. The molecule has 0 aromatic heterocycles. The molecule has 0 radical (unpaired) electrons. The van der Waals surface area contributed by atoms with Crippen molar-refractivity contribution in [3.8, 4) is 5.75 Å². The van der Waals surface area contributed by atoms with E-state index >= 15 is 0 Å². The maximum Gasteiger partial charge on any atom is 0.339 e. The minimum absolute atomic E-state index is 0.0304. The van der Waals surface area contributed by atoms with Gasteiger partial charge in [0.15, 0.2) is 12.4 Å². The van der Waals surface area contributed by atoms with E-state index in [0.29, 0.717) is 6.54 Å². The normalized spacial score (nSPS) is 9.89. The summed E-state index contributed by atoms with van der Waals surface area (Å²) in [5, 5.41) is 8.98. The first kappa shape index (κ1) is 13.8. The molecule has 0 atom stereocenters. The number of carbonyl (C=O) groups is 2. The van der Waals surface area contributed by atoms with E-state index in [9.17, 15) is 9.59 Å². The van der Waals surface area contributed by atoms with Crippen LogP contribution in [0.25, 0.3) is 0 Å². The van der Waals surface area contributed by atoms with Crippen LogP contribution < -0.4 is 10.5 Å². The SMILES string of the molecule is CCN(C)C(=O)COc1c(N)cccc1C(=O)O. The van der Waals surface area contributed by atoms with Gasteiger partial charge >= 0.3 is 5.97 Å². The Morgan fingerprint density at radius 3 is 2.67 bits per heavy atom. The van der Waals surface area contributed by atoms with E-state index in [1.165, 1.54) is 23.1 Å². The molecule has 0 aliphatic heterocycles. The van der Waals surface area contributed by atoms with Crippen LogP contribution in [0.2, 0.25) is 0 Å². The van der Waals surface area contributed by atoms with Crippen LogP contribution in [0.5, 0.6) is 5.75 Å². The Bertz CT molecular complexity index is 459. The predicted molar refractivity (Wildman–Crippen MR) is 66.6 cm³/mol. The van der Waals surface area contributed by atoms with Crippen molar-refractivity contribution in [2.24, 2.45) is 0 Å². The van der Waals surface area contributed by atoms with E-state index in [1.807, 2.05) is 6.92 Å². The molecule has 0 bridgehead atoms. The molecule has 0 unspecified atom stereocenters. The van der Waals surface area contributed by atoms with Crippen molar-refractivity contribution in [3.05, 3.63) is 23.8 Å². The van der Waals surface area contributed by atoms with Crippen molar-refractivity contribution in [1.82, 2.24) is 4.90 Å². The largest absolute Gasteiger partial charge is 0.481 e. The van der Waals surface area contributed by atoms with Gasteiger partial charge in [-0.2, -0.15) is 0 Å². The van der Waals surface area contributed by atoms with E-state index < -0.39 is 5.97 Å². The highest BCUT2D eigenvalue weighted by Crippen LogP contribution is 2.26. The standard InChI is InChI=1S/C12H16N2O4/c1-3-14(2)10(15)7-18-11-8(12(16)17)5-4-6-9(11)13/h4-6H,3,7,13H2,1-2H3,(H,16,17). The van der Waals surface area contributed by atoms with Crippen LogP contribution in [0.3, 0.4) is 0 Å². The minimum Gasteiger partial charge on any atom is -0.481 e. The summed E-state index contributed by atoms with van der Waals surface area (Å²) in [4.78, 5) is 24.0. The number of hydrogen-bond donors (Lipinski definition) is 2. The maximum absolute atomic E-state index is 11.6. The first-order valence-corrected chi connectivity index (χ1v) is 5.46. The van der Waals surface area contributed by atoms with Crippen molar-refractivity contribution in [2.45, 2.75) is 6.92 Å². The van der Waals surface area contributed by atoms with Gasteiger partial charge in [0.05, 0.1) is 5.69 Å². The zero-order valence-corrected chi connectivity index (χ0v) is 10.3. The van der Waals surface area contributed by atoms with Gasteiger partial charge in [-0.05, 0) is 19.1 Å². The number of para-hydroxylation sites is 1. The third-order valence-electron chi connectivity index (χ3n) is 2.52. The Kier molecular flexibility index (Phi) is 4.53. The lowest BCUT2D eigenvalue weighted by molar-refractivity contribution is -0.131. The summed E-state index contributed by atoms with van der Waals surface area (Å²) >= 11 is 0. The molecule has 0 fully saturated rings. The molecule has 0 spiro atoms. The third-order valence-corrected chi connectivity index (χ3v) is 2.52. The molecule has 98 valence electrons. The molecule has 0 aliphatic carbocycles. The van der Waals surface area contributed by atoms with Crippen molar-refractivity contribution in [1.29, 1.82) is 0 Å². The summed E-state index contributed by atoms with van der Waals surface area (Å²) in [7, 11) is 1.64. The van der Waals surface area contributed by atoms with Gasteiger partial charge < -0.3 is 20.5 Å². The number of likely N-dealkylation sites (N-methyl/N-ethyl adjacent to an activating group) is 1. The highest BCUT2D eigenvalue weighted by atomic mass is 16.5. The van der Waals surface area contributed by atoms with Gasteiger partial charge in [-0.15, -0.1) is 0 Å². The number of nitrogens with zero attached hydrogens (tertiary/aromatic N) is 1. The number of nitrogen functional groups attached to an aromatic ring is 1. The van der Waals surface area contributed by atoms with Gasteiger partial charge in [0.1, 0.15) is 5.56 Å². The summed E-state index contributed by atoms with van der Waals surface area (Å²) < 4.78 is 5.22. The summed E-state index contributed by atoms with van der Waals surface area (Å²) in [6.45, 7) is 2.15. The zero-order valence-electron chi connectivity index (χ0n) is 10.3. The van der Waals surface area contributed by atoms with Crippen LogP contribution in [-0.4, -0.2) is 42.1 Å². The highest BCUT2D eigenvalue weighted by molar-refractivity contribution is 5.93. The highest BCUT2D eigenvalue weighted by Gasteiger charge is 2.16. The molecule has 1 aromatic carbocycles. The zero-order chi connectivity index (χ0) is 13.7. The molecule has 6 nitrogen and oxygen atoms in total. The number of carboxylic acid groups (broad SMARTS) is 1. The van der Waals surface area contributed by atoms with Crippen LogP contribution >= 0.6 is 0 Å². The van der Waals surface area contributed by atoms with Crippen molar-refractivity contribution < 1.29 is 19.4 Å². The molecule has 3 N–H and O–H groups in total. The van der Waals surface area contributed by atoms with E-state index in [1.54, 1.807) is 7.05 Å². The second-order valence-corrected chi connectivity index (χ2v) is 3.73. The molecule has 0 heterocycles. The number of hydrogen-bond acceptors (Lipinski definition) is 4. The van der Waals surface area contributed by atoms with Crippen molar-refractivity contribution in [3.63, 3.8) is 0 Å². The van der Waals surface area contributed by atoms with Crippen molar-refractivity contribution in [2.75, 3.05) is 25.9 Å². The van der Waals surface area contributed by atoms with E-state index in [2.05, 4.69) is 0 Å². The summed E-state index contributed by atoms with van der Waals surface area (Å²) in [5.74, 6) is -1.35. The molecule has 1 amide bonds. The molecule has 0 saturated carbocycles. The number of rotatable bonds is 5. The van der Waals surface area contributed by atoms with Crippen LogP contribution in [0, 0.1) is 0 Å². The molecule has 0 aliphatic rings. The number of anilines is 1. The Hall–Kier alpha value is -2.24. The summed E-state index contributed by atoms with van der Waals surface area (Å²) in [5.41, 5.74) is 5.78. The molecule has 0 saturated heterocycles. The van der Waals surface area contributed by atoms with Crippen molar-refractivity contribution >= 4 is 17.6 Å². The number of carboxylic acids is 1. The average Bonchev–Trinajstić information content (AvgIpc) is 2.35. The van der Waals surface area contributed by atoms with Gasteiger partial charge in [-0.25, -0.2) is 4.79 Å². The molecule has 1 rings (SSSR count). The quantitative estimate of drug-likeness (QED) is 0.757. The first-order valence-electron chi connectivity index (χ1n) is 5.46. The van der Waals surface area contributed by atoms with Gasteiger partial charge in [0.2, 0.25) is 0 Å². The summed E-state index contributed by atoms with van der Waals surface area (Å²) in [6.07, 6.45) is 0. The van der Waals surface area contributed by atoms with E-state index in [-0.39, 0.29) is 29.5 Å². The second kappa shape index (κ2) is 5.90. The fraction of sp³-hybridized carbons (Fsp3) is 0.333. The monoisotopic (exact) mass is 252 g/mol. The van der Waals surface area contributed by atoms with Crippen LogP contribution in [-0.2, 0) is 4.79 Å². The number of benzene rings is 1. The van der Waals surface area contributed by atoms with E-state index in [0.717, 1.165) is 0 Å². The van der Waals surface area contributed by atoms with Crippen LogP contribution in [0.15, 0.2) is 18.2 Å². The Morgan fingerprint density at radius 1 is 1.44 bits per heavy atom. The lowest BCUT2D eigenvalue weighted by atomic mass is 10.2. The van der Waals surface area contributed by atoms with E-state index in [4.69, 9.17) is 15.6 Å². The lowest BCUT2D eigenvalue weighted by Crippen LogP contribution is -2.31. The molecular weight excluding hydrogens is 236 g/mol. The average molecular weight is 252 g/mol. The number of nitrogens with two attached hydrogens (primary N) is 1. The second-order valence-electron chi connectivity index (χ2n) is 3.73. The summed E-state index contributed by atoms with van der Waals surface area (Å²) in [6, 6.07) is 4.42. The molecule has 1 aromatic rings. The van der Waals surface area contributed by atoms with Gasteiger partial charge in [0.25, 0.3) is 5.91 Å². The molecule has 6 heteroatoms. The fourth-order valence-corrected chi connectivity index (χ4v) is 1.30. The van der Waals surface area contributed by atoms with Gasteiger partial charge in [-0.3, -0.25) is 4.79 Å².